The number of ether oxygens (including phenoxy) is 2. The van der Waals surface area contributed by atoms with E-state index < -0.39 is 30.8 Å². The van der Waals surface area contributed by atoms with Crippen LogP contribution in [0.5, 0.6) is 5.75 Å². The molecule has 0 saturated heterocycles. The van der Waals surface area contributed by atoms with Gasteiger partial charge in [0.1, 0.15) is 17.2 Å². The average molecular weight is 459 g/mol. The number of amides is 2. The van der Waals surface area contributed by atoms with Crippen molar-refractivity contribution in [3.8, 4) is 5.75 Å². The Hall–Kier alpha value is -3.43. The fourth-order valence-electron chi connectivity index (χ4n) is 2.93. The van der Waals surface area contributed by atoms with Gasteiger partial charge in [-0.15, -0.1) is 11.3 Å². The normalized spacial score (nSPS) is 12.5. The van der Waals surface area contributed by atoms with Crippen molar-refractivity contribution < 1.29 is 28.7 Å². The van der Waals surface area contributed by atoms with Crippen LogP contribution in [0.4, 0.5) is 5.69 Å². The monoisotopic (exact) mass is 458 g/mol. The Morgan fingerprint density at radius 1 is 1.19 bits per heavy atom. The number of anilines is 1. The molecule has 0 saturated carbocycles. The van der Waals surface area contributed by atoms with E-state index in [1.54, 1.807) is 6.07 Å². The van der Waals surface area contributed by atoms with Crippen molar-refractivity contribution in [2.24, 2.45) is 0 Å². The number of nitrogens with one attached hydrogen (secondary N) is 2. The zero-order chi connectivity index (χ0) is 22.0. The molecule has 1 aromatic heterocycles. The Balaban J connectivity index is 1.30. The minimum absolute atomic E-state index is 0.0870. The number of carbonyl (C=O) groups is 4. The lowest BCUT2D eigenvalue weighted by molar-refractivity contribution is -0.141. The fraction of sp³-hybridized carbons (Fsp3) is 0.143. The van der Waals surface area contributed by atoms with E-state index >= 15 is 0 Å². The molecule has 2 amide bonds. The molecule has 2 N–H and O–H groups in total. The lowest BCUT2D eigenvalue weighted by Crippen LogP contribution is -2.31. The lowest BCUT2D eigenvalue weighted by atomic mass is 10.1. The van der Waals surface area contributed by atoms with Crippen molar-refractivity contribution in [2.75, 3.05) is 25.1 Å². The molecule has 0 spiro atoms. The Bertz CT molecular complexity index is 1220. The summed E-state index contributed by atoms with van der Waals surface area (Å²) in [5.41, 5.74) is 0.624. The maximum atomic E-state index is 12.4. The second-order valence-electron chi connectivity index (χ2n) is 6.56. The maximum Gasteiger partial charge on any atom is 0.325 e. The van der Waals surface area contributed by atoms with E-state index in [2.05, 4.69) is 10.6 Å². The van der Waals surface area contributed by atoms with Crippen LogP contribution in [0.2, 0.25) is 5.02 Å². The molecule has 31 heavy (non-hydrogen) atoms. The van der Waals surface area contributed by atoms with Crippen molar-refractivity contribution in [3.63, 3.8) is 0 Å². The number of rotatable bonds is 6. The van der Waals surface area contributed by atoms with Crippen LogP contribution in [0.3, 0.4) is 0 Å². The van der Waals surface area contributed by atoms with Gasteiger partial charge in [0.2, 0.25) is 0 Å². The van der Waals surface area contributed by atoms with E-state index in [-0.39, 0.29) is 18.1 Å². The van der Waals surface area contributed by atoms with E-state index in [1.165, 1.54) is 23.5 Å². The third-order valence-electron chi connectivity index (χ3n) is 4.43. The molecular weight excluding hydrogens is 444 g/mol. The number of ketones is 1. The molecular formula is C21H15ClN2O6S. The van der Waals surface area contributed by atoms with Crippen molar-refractivity contribution in [1.82, 2.24) is 5.32 Å². The second kappa shape index (κ2) is 8.75. The first kappa shape index (κ1) is 20.8. The molecule has 158 valence electrons. The Kier molecular flexibility index (Phi) is 5.88. The second-order valence-corrected chi connectivity index (χ2v) is 7.99. The predicted molar refractivity (Wildman–Crippen MR) is 115 cm³/mol. The summed E-state index contributed by atoms with van der Waals surface area (Å²) in [6.07, 6.45) is 0. The molecule has 2 heterocycles. The van der Waals surface area contributed by atoms with E-state index in [1.807, 2.05) is 24.3 Å². The summed E-state index contributed by atoms with van der Waals surface area (Å²) in [6.45, 7) is -1.01. The van der Waals surface area contributed by atoms with Gasteiger partial charge in [0.15, 0.2) is 19.0 Å². The Morgan fingerprint density at radius 2 is 2.00 bits per heavy atom. The average Bonchev–Trinajstić information content (AvgIpc) is 3.12. The molecule has 0 fully saturated rings. The van der Waals surface area contributed by atoms with Crippen LogP contribution in [0.1, 0.15) is 20.0 Å². The zero-order valence-corrected chi connectivity index (χ0v) is 17.5. The molecule has 8 nitrogen and oxygen atoms in total. The van der Waals surface area contributed by atoms with E-state index in [0.717, 1.165) is 10.1 Å². The van der Waals surface area contributed by atoms with Gasteiger partial charge in [-0.3, -0.25) is 19.2 Å². The van der Waals surface area contributed by atoms with E-state index in [0.29, 0.717) is 21.3 Å². The molecule has 4 rings (SSSR count). The van der Waals surface area contributed by atoms with Gasteiger partial charge in [-0.2, -0.15) is 0 Å². The van der Waals surface area contributed by atoms with Crippen LogP contribution >= 0.6 is 22.9 Å². The van der Waals surface area contributed by atoms with Gasteiger partial charge in [-0.05, 0) is 24.3 Å². The van der Waals surface area contributed by atoms with Gasteiger partial charge < -0.3 is 20.1 Å². The number of hydrogen-bond acceptors (Lipinski definition) is 7. The summed E-state index contributed by atoms with van der Waals surface area (Å²) >= 11 is 7.47. The van der Waals surface area contributed by atoms with Crippen molar-refractivity contribution in [3.05, 3.63) is 57.9 Å². The van der Waals surface area contributed by atoms with E-state index in [9.17, 15) is 19.2 Å². The molecule has 0 bridgehead atoms. The highest BCUT2D eigenvalue weighted by Crippen LogP contribution is 2.35. The first-order valence-electron chi connectivity index (χ1n) is 9.13. The Labute approximate surface area is 185 Å². The molecule has 10 heteroatoms. The van der Waals surface area contributed by atoms with Crippen LogP contribution < -0.4 is 15.4 Å². The minimum Gasteiger partial charge on any atom is -0.482 e. The van der Waals surface area contributed by atoms with Crippen molar-refractivity contribution in [1.29, 1.82) is 0 Å². The topological polar surface area (TPSA) is 111 Å². The number of hydrogen-bond donors (Lipinski definition) is 2. The number of fused-ring (bicyclic) bond motifs is 2. The summed E-state index contributed by atoms with van der Waals surface area (Å²) in [4.78, 5) is 48.3. The van der Waals surface area contributed by atoms with Crippen LogP contribution in [0, 0.1) is 0 Å². The number of esters is 1. The van der Waals surface area contributed by atoms with Gasteiger partial charge >= 0.3 is 5.97 Å². The van der Waals surface area contributed by atoms with Crippen LogP contribution in [-0.2, 0) is 14.3 Å². The zero-order valence-electron chi connectivity index (χ0n) is 15.9. The fourth-order valence-corrected chi connectivity index (χ4v) is 4.36. The Morgan fingerprint density at radius 3 is 2.81 bits per heavy atom. The van der Waals surface area contributed by atoms with Crippen molar-refractivity contribution >= 4 is 62.3 Å². The number of halogens is 1. The van der Waals surface area contributed by atoms with E-state index in [4.69, 9.17) is 21.1 Å². The number of thiophene rings is 1. The minimum atomic E-state index is -0.770. The molecule has 2 aromatic carbocycles. The lowest BCUT2D eigenvalue weighted by Gasteiger charge is -2.18. The highest BCUT2D eigenvalue weighted by atomic mass is 35.5. The molecule has 0 aliphatic carbocycles. The molecule has 1 aliphatic heterocycles. The van der Waals surface area contributed by atoms with Gasteiger partial charge in [0, 0.05) is 15.6 Å². The van der Waals surface area contributed by atoms with Crippen LogP contribution in [0.15, 0.2) is 42.5 Å². The van der Waals surface area contributed by atoms with Crippen LogP contribution in [-0.4, -0.2) is 43.3 Å². The van der Waals surface area contributed by atoms with Gasteiger partial charge in [-0.1, -0.05) is 29.8 Å². The van der Waals surface area contributed by atoms with Gasteiger partial charge in [0.05, 0.1) is 10.7 Å². The SMILES string of the molecule is O=C1COc2ccc(C(=O)COC(=O)CNC(=O)c3sc4ccccc4c3Cl)cc2N1. The third-order valence-corrected chi connectivity index (χ3v) is 6.11. The predicted octanol–water partition coefficient (Wildman–Crippen LogP) is 3.04. The summed E-state index contributed by atoms with van der Waals surface area (Å²) in [6, 6.07) is 11.8. The summed E-state index contributed by atoms with van der Waals surface area (Å²) in [5, 5.41) is 6.14. The molecule has 3 aromatic rings. The maximum absolute atomic E-state index is 12.4. The molecule has 0 atom stereocenters. The number of Topliss-reactive ketones (excluding diaryl/α,β-unsaturated/α-hetero) is 1. The summed E-state index contributed by atoms with van der Waals surface area (Å²) < 4.78 is 11.0. The first-order chi connectivity index (χ1) is 14.9. The largest absolute Gasteiger partial charge is 0.482 e. The standard InChI is InChI=1S/C21H15ClN2O6S/c22-19-12-3-1-2-4-16(12)31-20(19)21(28)23-8-18(27)30-9-14(25)11-5-6-15-13(7-11)24-17(26)10-29-15/h1-7H,8-10H2,(H,23,28)(H,24,26). The third kappa shape index (κ3) is 4.52. The number of carbonyl (C=O) groups excluding carboxylic acids is 4. The van der Waals surface area contributed by atoms with Crippen molar-refractivity contribution in [2.45, 2.75) is 0 Å². The summed E-state index contributed by atoms with van der Waals surface area (Å²) in [7, 11) is 0. The summed E-state index contributed by atoms with van der Waals surface area (Å²) in [5.74, 6) is -1.60. The highest BCUT2D eigenvalue weighted by Gasteiger charge is 2.20. The molecule has 0 unspecified atom stereocenters. The van der Waals surface area contributed by atoms with Gasteiger partial charge in [0.25, 0.3) is 11.8 Å². The van der Waals surface area contributed by atoms with Crippen LogP contribution in [0.25, 0.3) is 10.1 Å². The van der Waals surface area contributed by atoms with Gasteiger partial charge in [-0.25, -0.2) is 0 Å². The number of benzene rings is 2. The quantitative estimate of drug-likeness (QED) is 0.434. The molecule has 1 aliphatic rings. The smallest absolute Gasteiger partial charge is 0.325 e. The first-order valence-corrected chi connectivity index (χ1v) is 10.3. The molecule has 0 radical (unpaired) electrons. The highest BCUT2D eigenvalue weighted by molar-refractivity contribution is 7.21.